The van der Waals surface area contributed by atoms with E-state index in [4.69, 9.17) is 0 Å². The summed E-state index contributed by atoms with van der Waals surface area (Å²) in [6.45, 7) is 3.01. The molecule has 2 bridgehead atoms. The number of hydrogen-bond acceptors (Lipinski definition) is 3. The first-order valence-corrected chi connectivity index (χ1v) is 7.72. The Kier molecular flexibility index (Phi) is 2.39. The second-order valence-corrected chi connectivity index (χ2v) is 7.27. The number of piperidine rings is 1. The zero-order valence-corrected chi connectivity index (χ0v) is 11.5. The number of carbonyl (C=O) groups is 1. The van der Waals surface area contributed by atoms with Crippen LogP contribution in [0.4, 0.5) is 0 Å². The molecule has 2 aliphatic heterocycles. The van der Waals surface area contributed by atoms with Crippen molar-refractivity contribution in [2.45, 2.75) is 56.8 Å². The van der Waals surface area contributed by atoms with Gasteiger partial charge in [-0.15, -0.1) is 0 Å². The van der Waals surface area contributed by atoms with Crippen LogP contribution in [0, 0.1) is 23.7 Å². The van der Waals surface area contributed by atoms with Crippen molar-refractivity contribution in [2.75, 3.05) is 6.54 Å². The van der Waals surface area contributed by atoms with Crippen LogP contribution >= 0.6 is 0 Å². The van der Waals surface area contributed by atoms with Crippen LogP contribution in [0.5, 0.6) is 0 Å². The van der Waals surface area contributed by atoms with Crippen molar-refractivity contribution in [1.82, 2.24) is 4.90 Å². The van der Waals surface area contributed by atoms with Crippen LogP contribution in [0.1, 0.15) is 39.0 Å². The molecule has 0 radical (unpaired) electrons. The average molecular weight is 265 g/mol. The fraction of sp³-hybridized carbons (Fsp3) is 0.933. The Labute approximate surface area is 113 Å². The Morgan fingerprint density at radius 2 is 2.00 bits per heavy atom. The predicted octanol–water partition coefficient (Wildman–Crippen LogP) is 0.765. The van der Waals surface area contributed by atoms with Crippen LogP contribution in [0.3, 0.4) is 0 Å². The summed E-state index contributed by atoms with van der Waals surface area (Å²) >= 11 is 0. The molecule has 2 saturated carbocycles. The van der Waals surface area contributed by atoms with Gasteiger partial charge in [0, 0.05) is 18.9 Å². The van der Waals surface area contributed by atoms with Crippen molar-refractivity contribution in [3.8, 4) is 0 Å². The van der Waals surface area contributed by atoms with Crippen LogP contribution in [-0.2, 0) is 4.79 Å². The van der Waals surface area contributed by atoms with E-state index in [0.717, 1.165) is 32.2 Å². The SMILES string of the molecule is C[C@@H]1C[C@H]2[C@H](O)[C@H](O)[C@@H]3CCN4C(=O)CC[C@H]2[C@]34C1. The molecule has 1 amide bonds. The Bertz CT molecular complexity index is 426. The monoisotopic (exact) mass is 265 g/mol. The minimum absolute atomic E-state index is 0.0933. The van der Waals surface area contributed by atoms with Crippen LogP contribution in [0.15, 0.2) is 0 Å². The molecule has 0 aromatic carbocycles. The lowest BCUT2D eigenvalue weighted by Crippen LogP contribution is -2.71. The Morgan fingerprint density at radius 3 is 2.79 bits per heavy atom. The Balaban J connectivity index is 1.85. The number of amides is 1. The molecule has 2 N–H and O–H groups in total. The van der Waals surface area contributed by atoms with Crippen molar-refractivity contribution in [2.24, 2.45) is 23.7 Å². The van der Waals surface area contributed by atoms with E-state index in [1.54, 1.807) is 0 Å². The van der Waals surface area contributed by atoms with Gasteiger partial charge < -0.3 is 15.1 Å². The highest BCUT2D eigenvalue weighted by molar-refractivity contribution is 5.79. The molecule has 2 heterocycles. The van der Waals surface area contributed by atoms with Gasteiger partial charge >= 0.3 is 0 Å². The van der Waals surface area contributed by atoms with Gasteiger partial charge in [0.15, 0.2) is 0 Å². The molecule has 0 aromatic rings. The minimum atomic E-state index is -0.635. The third-order valence-electron chi connectivity index (χ3n) is 6.49. The largest absolute Gasteiger partial charge is 0.390 e. The van der Waals surface area contributed by atoms with Crippen LogP contribution < -0.4 is 0 Å². The maximum atomic E-state index is 12.3. The number of nitrogens with zero attached hydrogens (tertiary/aromatic N) is 1. The Morgan fingerprint density at radius 1 is 1.21 bits per heavy atom. The highest BCUT2D eigenvalue weighted by Crippen LogP contribution is 2.61. The van der Waals surface area contributed by atoms with Crippen LogP contribution in [0.2, 0.25) is 0 Å². The lowest BCUT2D eigenvalue weighted by atomic mass is 9.50. The molecule has 4 heteroatoms. The Hall–Kier alpha value is -0.610. The lowest BCUT2D eigenvalue weighted by Gasteiger charge is -2.63. The molecule has 4 aliphatic rings. The summed E-state index contributed by atoms with van der Waals surface area (Å²) in [6.07, 6.45) is 3.21. The molecule has 0 unspecified atom stereocenters. The van der Waals surface area contributed by atoms with Gasteiger partial charge in [0.2, 0.25) is 5.91 Å². The van der Waals surface area contributed by atoms with Crippen molar-refractivity contribution in [3.63, 3.8) is 0 Å². The van der Waals surface area contributed by atoms with Crippen molar-refractivity contribution in [1.29, 1.82) is 0 Å². The van der Waals surface area contributed by atoms with Crippen molar-refractivity contribution >= 4 is 5.91 Å². The topological polar surface area (TPSA) is 60.8 Å². The highest BCUT2D eigenvalue weighted by Gasteiger charge is 2.67. The fourth-order valence-electron chi connectivity index (χ4n) is 6.03. The van der Waals surface area contributed by atoms with E-state index in [2.05, 4.69) is 11.8 Å². The third-order valence-corrected chi connectivity index (χ3v) is 6.49. The molecule has 0 aromatic heterocycles. The first-order valence-electron chi connectivity index (χ1n) is 7.72. The lowest BCUT2D eigenvalue weighted by molar-refractivity contribution is -0.201. The van der Waals surface area contributed by atoms with Gasteiger partial charge in [0.25, 0.3) is 0 Å². The van der Waals surface area contributed by atoms with Gasteiger partial charge in [-0.2, -0.15) is 0 Å². The molecule has 4 rings (SSSR count). The first kappa shape index (κ1) is 12.2. The van der Waals surface area contributed by atoms with E-state index in [0.29, 0.717) is 18.3 Å². The van der Waals surface area contributed by atoms with Gasteiger partial charge in [0.05, 0.1) is 17.7 Å². The molecule has 19 heavy (non-hydrogen) atoms. The van der Waals surface area contributed by atoms with E-state index in [1.165, 1.54) is 0 Å². The number of hydrogen-bond donors (Lipinski definition) is 2. The molecule has 106 valence electrons. The minimum Gasteiger partial charge on any atom is -0.390 e. The van der Waals surface area contributed by atoms with Crippen LogP contribution in [0.25, 0.3) is 0 Å². The second kappa shape index (κ2) is 3.73. The number of carbonyl (C=O) groups excluding carboxylic acids is 1. The molecule has 4 nitrogen and oxygen atoms in total. The van der Waals surface area contributed by atoms with E-state index >= 15 is 0 Å². The number of rotatable bonds is 0. The van der Waals surface area contributed by atoms with Gasteiger partial charge in [-0.25, -0.2) is 0 Å². The molecule has 2 saturated heterocycles. The fourth-order valence-corrected chi connectivity index (χ4v) is 6.03. The predicted molar refractivity (Wildman–Crippen MR) is 69.2 cm³/mol. The van der Waals surface area contributed by atoms with Gasteiger partial charge in [-0.3, -0.25) is 4.79 Å². The summed E-state index contributed by atoms with van der Waals surface area (Å²) in [5, 5.41) is 21.0. The van der Waals surface area contributed by atoms with E-state index < -0.39 is 12.2 Å². The van der Waals surface area contributed by atoms with Gasteiger partial charge in [-0.05, 0) is 43.4 Å². The first-order chi connectivity index (χ1) is 9.05. The molecule has 2 aliphatic carbocycles. The molecule has 7 atom stereocenters. The summed E-state index contributed by atoms with van der Waals surface area (Å²) < 4.78 is 0. The normalized spacial score (nSPS) is 56.2. The molecule has 1 spiro atoms. The maximum Gasteiger partial charge on any atom is 0.223 e. The number of aliphatic hydroxyl groups is 2. The molecule has 4 fully saturated rings. The summed E-state index contributed by atoms with van der Waals surface area (Å²) in [6, 6.07) is 0. The van der Waals surface area contributed by atoms with Gasteiger partial charge in [0.1, 0.15) is 0 Å². The summed E-state index contributed by atoms with van der Waals surface area (Å²) in [5.74, 6) is 1.50. The second-order valence-electron chi connectivity index (χ2n) is 7.27. The number of aliphatic hydroxyl groups excluding tert-OH is 2. The zero-order valence-electron chi connectivity index (χ0n) is 11.5. The van der Waals surface area contributed by atoms with Gasteiger partial charge in [-0.1, -0.05) is 6.92 Å². The summed E-state index contributed by atoms with van der Waals surface area (Å²) in [4.78, 5) is 14.4. The van der Waals surface area contributed by atoms with Crippen molar-refractivity contribution < 1.29 is 15.0 Å². The molecular weight excluding hydrogens is 242 g/mol. The van der Waals surface area contributed by atoms with E-state index in [-0.39, 0.29) is 23.3 Å². The molecular formula is C15H23NO3. The van der Waals surface area contributed by atoms with Crippen molar-refractivity contribution in [3.05, 3.63) is 0 Å². The standard InChI is InChI=1S/C15H23NO3/c1-8-6-9-10-2-3-12(17)16-5-4-11(14(19)13(9)18)15(10,16)7-8/h8-11,13-14,18-19H,2-7H2,1H3/t8-,9-,10-,11+,13+,14-,15-/m1/s1. The third kappa shape index (κ3) is 1.30. The zero-order chi connectivity index (χ0) is 13.4. The maximum absolute atomic E-state index is 12.3. The summed E-state index contributed by atoms with van der Waals surface area (Å²) in [7, 11) is 0. The average Bonchev–Trinajstić information content (AvgIpc) is 2.74. The van der Waals surface area contributed by atoms with E-state index in [1.807, 2.05) is 0 Å². The summed E-state index contributed by atoms with van der Waals surface area (Å²) in [5.41, 5.74) is -0.129. The van der Waals surface area contributed by atoms with Crippen LogP contribution in [-0.4, -0.2) is 45.3 Å². The smallest absolute Gasteiger partial charge is 0.223 e. The van der Waals surface area contributed by atoms with E-state index in [9.17, 15) is 15.0 Å². The quantitative estimate of drug-likeness (QED) is 0.680. The highest BCUT2D eigenvalue weighted by atomic mass is 16.3.